The number of sulfonamides is 1. The second kappa shape index (κ2) is 7.99. The first-order chi connectivity index (χ1) is 16.1. The van der Waals surface area contributed by atoms with Crippen molar-refractivity contribution in [1.29, 1.82) is 0 Å². The van der Waals surface area contributed by atoms with Crippen molar-refractivity contribution in [2.24, 2.45) is 5.41 Å². The number of allylic oxidation sites excluding steroid dienone is 1. The third kappa shape index (κ3) is 4.06. The van der Waals surface area contributed by atoms with Crippen LogP contribution in [0.4, 0.5) is 23.2 Å². The maximum atomic E-state index is 14.8. The van der Waals surface area contributed by atoms with E-state index in [-0.39, 0.29) is 24.2 Å². The van der Waals surface area contributed by atoms with Crippen molar-refractivity contribution in [1.82, 2.24) is 4.72 Å². The summed E-state index contributed by atoms with van der Waals surface area (Å²) in [5, 5.41) is 0. The van der Waals surface area contributed by atoms with E-state index >= 15 is 0 Å². The van der Waals surface area contributed by atoms with Crippen LogP contribution in [0.3, 0.4) is 0 Å². The van der Waals surface area contributed by atoms with Crippen LogP contribution in [0.25, 0.3) is 0 Å². The minimum absolute atomic E-state index is 0.110. The summed E-state index contributed by atoms with van der Waals surface area (Å²) in [6.45, 7) is 4.99. The van der Waals surface area contributed by atoms with Gasteiger partial charge in [-0.05, 0) is 55.2 Å². The van der Waals surface area contributed by atoms with Crippen LogP contribution in [-0.4, -0.2) is 31.8 Å². The highest BCUT2D eigenvalue weighted by Crippen LogP contribution is 2.53. The number of aryl methyl sites for hydroxylation is 1. The largest absolute Gasteiger partial charge is 0.421 e. The van der Waals surface area contributed by atoms with Crippen LogP contribution in [0.1, 0.15) is 32.3 Å². The molecule has 1 aliphatic carbocycles. The lowest BCUT2D eigenvalue weighted by Gasteiger charge is -2.35. The van der Waals surface area contributed by atoms with Crippen molar-refractivity contribution in [3.05, 3.63) is 71.2 Å². The summed E-state index contributed by atoms with van der Waals surface area (Å²) in [6, 6.07) is 9.14. The number of rotatable bonds is 4. The van der Waals surface area contributed by atoms with E-state index < -0.39 is 55.1 Å². The molecule has 1 aliphatic heterocycles. The molecule has 1 heterocycles. The van der Waals surface area contributed by atoms with E-state index in [0.29, 0.717) is 10.5 Å². The topological polar surface area (TPSA) is 83.6 Å². The normalized spacial score (nSPS) is 22.5. The Balaban J connectivity index is 1.98. The number of ketones is 1. The van der Waals surface area contributed by atoms with Crippen LogP contribution in [0.2, 0.25) is 0 Å². The Morgan fingerprint density at radius 3 is 2.06 bits per heavy atom. The number of hydrogen-bond donors (Lipinski definition) is 1. The third-order valence-corrected chi connectivity index (χ3v) is 7.62. The summed E-state index contributed by atoms with van der Waals surface area (Å²) in [6.07, 6.45) is -5.93. The van der Waals surface area contributed by atoms with Gasteiger partial charge in [0.15, 0.2) is 5.78 Å². The first-order valence-electron chi connectivity index (χ1n) is 10.6. The van der Waals surface area contributed by atoms with E-state index in [1.807, 2.05) is 0 Å². The maximum absolute atomic E-state index is 14.8. The first-order valence-corrected chi connectivity index (χ1v) is 12.1. The minimum atomic E-state index is -5.51. The van der Waals surface area contributed by atoms with Gasteiger partial charge in [0.2, 0.25) is 15.6 Å². The molecule has 186 valence electrons. The molecule has 0 radical (unpaired) electrons. The lowest BCUT2D eigenvalue weighted by molar-refractivity contribution is -0.184. The highest BCUT2D eigenvalue weighted by Gasteiger charge is 2.72. The molecule has 0 unspecified atom stereocenters. The predicted molar refractivity (Wildman–Crippen MR) is 119 cm³/mol. The van der Waals surface area contributed by atoms with Crippen molar-refractivity contribution in [2.75, 3.05) is 4.90 Å². The fourth-order valence-corrected chi connectivity index (χ4v) is 5.88. The molecule has 2 aromatic carbocycles. The monoisotopic (exact) mass is 510 g/mol. The molecule has 0 fully saturated rings. The number of nitrogens with one attached hydrogen (secondary N) is 1. The highest BCUT2D eigenvalue weighted by atomic mass is 32.2. The molecular formula is C24H22F4N2O4S. The third-order valence-electron chi connectivity index (χ3n) is 6.15. The van der Waals surface area contributed by atoms with Crippen molar-refractivity contribution in [3.63, 3.8) is 0 Å². The quantitative estimate of drug-likeness (QED) is 0.618. The molecule has 0 saturated heterocycles. The molecule has 0 aromatic heterocycles. The molecule has 1 amide bonds. The molecule has 1 N–H and O–H groups in total. The average Bonchev–Trinajstić information content (AvgIpc) is 2.96. The Morgan fingerprint density at radius 2 is 1.51 bits per heavy atom. The number of carbonyl (C=O) groups is 2. The van der Waals surface area contributed by atoms with Gasteiger partial charge in [-0.15, -0.1) is 0 Å². The summed E-state index contributed by atoms with van der Waals surface area (Å²) < 4.78 is 85.9. The van der Waals surface area contributed by atoms with Crippen LogP contribution in [-0.2, 0) is 19.6 Å². The van der Waals surface area contributed by atoms with Crippen molar-refractivity contribution in [3.8, 4) is 0 Å². The summed E-state index contributed by atoms with van der Waals surface area (Å²) in [7, 11) is -4.91. The van der Waals surface area contributed by atoms with Gasteiger partial charge in [-0.2, -0.15) is 17.9 Å². The van der Waals surface area contributed by atoms with Gasteiger partial charge in [-0.1, -0.05) is 31.5 Å². The Morgan fingerprint density at radius 1 is 0.943 bits per heavy atom. The smallest absolute Gasteiger partial charge is 0.294 e. The first kappa shape index (κ1) is 25.1. The van der Waals surface area contributed by atoms with Crippen LogP contribution in [0, 0.1) is 18.2 Å². The average molecular weight is 511 g/mol. The molecule has 4 rings (SSSR count). The number of amides is 1. The minimum Gasteiger partial charge on any atom is -0.294 e. The molecule has 0 bridgehead atoms. The van der Waals surface area contributed by atoms with Crippen LogP contribution >= 0.6 is 0 Å². The fourth-order valence-electron chi connectivity index (χ4n) is 4.56. The van der Waals surface area contributed by atoms with E-state index in [9.17, 15) is 35.6 Å². The van der Waals surface area contributed by atoms with Crippen LogP contribution < -0.4 is 9.62 Å². The number of carbonyl (C=O) groups excluding carboxylic acids is 2. The van der Waals surface area contributed by atoms with Gasteiger partial charge in [0.05, 0.1) is 10.5 Å². The van der Waals surface area contributed by atoms with Gasteiger partial charge in [0, 0.05) is 17.8 Å². The molecule has 2 aromatic rings. The summed E-state index contributed by atoms with van der Waals surface area (Å²) in [5.41, 5.74) is -5.29. The molecule has 1 atom stereocenters. The molecule has 6 nitrogen and oxygen atoms in total. The second-order valence-electron chi connectivity index (χ2n) is 9.55. The van der Waals surface area contributed by atoms with Gasteiger partial charge in [-0.25, -0.2) is 12.8 Å². The van der Waals surface area contributed by atoms with E-state index in [1.54, 1.807) is 25.5 Å². The standard InChI is InChI=1S/C24H22F4N2O4S/c1-14-4-10-17(11-5-14)35(33,34)29-23(24(26,27)28)20-18(12-22(2,3)13-19(20)31)30(21(23)32)16-8-6-15(25)7-9-16/h4-11,29H,12-13H2,1-3H3/t23-/m0/s1. The molecule has 0 spiro atoms. The molecule has 35 heavy (non-hydrogen) atoms. The number of halogens is 4. The maximum Gasteiger partial charge on any atom is 0.421 e. The lowest BCUT2D eigenvalue weighted by Crippen LogP contribution is -2.66. The summed E-state index contributed by atoms with van der Waals surface area (Å²) in [4.78, 5) is 27.0. The molecular weight excluding hydrogens is 488 g/mol. The van der Waals surface area contributed by atoms with Gasteiger partial charge >= 0.3 is 6.18 Å². The lowest BCUT2D eigenvalue weighted by atomic mass is 9.72. The zero-order valence-corrected chi connectivity index (χ0v) is 19.8. The zero-order valence-electron chi connectivity index (χ0n) is 19.0. The second-order valence-corrected chi connectivity index (χ2v) is 11.2. The summed E-state index contributed by atoms with van der Waals surface area (Å²) >= 11 is 0. The number of nitrogens with zero attached hydrogens (tertiary/aromatic N) is 1. The zero-order chi connectivity index (χ0) is 26.0. The number of Topliss-reactive ketones (excluding diaryl/α,β-unsaturated/α-hetero) is 1. The van der Waals surface area contributed by atoms with Crippen LogP contribution in [0.15, 0.2) is 64.7 Å². The highest BCUT2D eigenvalue weighted by molar-refractivity contribution is 7.89. The molecule has 0 saturated carbocycles. The van der Waals surface area contributed by atoms with Crippen molar-refractivity contribution in [2.45, 2.75) is 50.2 Å². The van der Waals surface area contributed by atoms with Crippen molar-refractivity contribution >= 4 is 27.4 Å². The van der Waals surface area contributed by atoms with Gasteiger partial charge in [0.25, 0.3) is 5.91 Å². The van der Waals surface area contributed by atoms with E-state index in [4.69, 9.17) is 0 Å². The Bertz CT molecular complexity index is 1350. The van der Waals surface area contributed by atoms with Gasteiger partial charge in [-0.3, -0.25) is 14.5 Å². The number of hydrogen-bond acceptors (Lipinski definition) is 4. The predicted octanol–water partition coefficient (Wildman–Crippen LogP) is 4.40. The molecule has 2 aliphatic rings. The number of anilines is 1. The SMILES string of the molecule is Cc1ccc(S(=O)(=O)N[C@]2(C(F)(F)F)C(=O)N(c3ccc(F)cc3)C3=C2C(=O)CC(C)(C)C3)cc1. The summed E-state index contributed by atoms with van der Waals surface area (Å²) in [5.74, 6) is -3.36. The van der Waals surface area contributed by atoms with E-state index in [2.05, 4.69) is 0 Å². The van der Waals surface area contributed by atoms with E-state index in [0.717, 1.165) is 36.4 Å². The van der Waals surface area contributed by atoms with Crippen molar-refractivity contribution < 1.29 is 35.6 Å². The van der Waals surface area contributed by atoms with Gasteiger partial charge < -0.3 is 0 Å². The molecule has 11 heteroatoms. The fraction of sp³-hybridized carbons (Fsp3) is 0.333. The Labute approximate surface area is 199 Å². The Kier molecular flexibility index (Phi) is 5.72. The van der Waals surface area contributed by atoms with E-state index in [1.165, 1.54) is 12.1 Å². The number of benzene rings is 2. The Hall–Kier alpha value is -3.05. The number of alkyl halides is 3. The van der Waals surface area contributed by atoms with Gasteiger partial charge in [0.1, 0.15) is 5.82 Å². The van der Waals surface area contributed by atoms with Crippen LogP contribution in [0.5, 0.6) is 0 Å².